The summed E-state index contributed by atoms with van der Waals surface area (Å²) in [6.45, 7) is 7.26. The second-order valence-corrected chi connectivity index (χ2v) is 6.71. The summed E-state index contributed by atoms with van der Waals surface area (Å²) in [4.78, 5) is 4.42. The number of benzene rings is 1. The van der Waals surface area contributed by atoms with Crippen molar-refractivity contribution in [2.45, 2.75) is 26.9 Å². The van der Waals surface area contributed by atoms with Gasteiger partial charge in [-0.25, -0.2) is 4.98 Å². The van der Waals surface area contributed by atoms with E-state index >= 15 is 0 Å². The third-order valence-electron chi connectivity index (χ3n) is 3.53. The van der Waals surface area contributed by atoms with Crippen molar-refractivity contribution in [1.82, 2.24) is 14.9 Å². The van der Waals surface area contributed by atoms with Gasteiger partial charge in [-0.15, -0.1) is 11.3 Å². The van der Waals surface area contributed by atoms with Crippen LogP contribution in [-0.2, 0) is 13.1 Å². The van der Waals surface area contributed by atoms with Crippen LogP contribution < -0.4 is 5.32 Å². The van der Waals surface area contributed by atoms with Crippen molar-refractivity contribution >= 4 is 22.2 Å². The zero-order valence-corrected chi connectivity index (χ0v) is 13.4. The monoisotopic (exact) mass is 299 g/mol. The molecule has 2 aromatic heterocycles. The van der Waals surface area contributed by atoms with Crippen LogP contribution in [0.2, 0.25) is 0 Å². The Labute approximate surface area is 129 Å². The van der Waals surface area contributed by atoms with Gasteiger partial charge in [0.05, 0.1) is 6.54 Å². The SMILES string of the molecule is CC(C)CNCc1cc2ccccc2n1Cc1nccs1. The molecule has 0 unspecified atom stereocenters. The molecule has 110 valence electrons. The lowest BCUT2D eigenvalue weighted by molar-refractivity contribution is 0.540. The number of aromatic nitrogens is 2. The molecule has 0 amide bonds. The average Bonchev–Trinajstić information content (AvgIpc) is 3.08. The number of rotatable bonds is 6. The van der Waals surface area contributed by atoms with Gasteiger partial charge in [0.25, 0.3) is 0 Å². The van der Waals surface area contributed by atoms with E-state index in [0.29, 0.717) is 5.92 Å². The van der Waals surface area contributed by atoms with Crippen molar-refractivity contribution in [1.29, 1.82) is 0 Å². The highest BCUT2D eigenvalue weighted by Crippen LogP contribution is 2.22. The van der Waals surface area contributed by atoms with Crippen LogP contribution in [0.4, 0.5) is 0 Å². The van der Waals surface area contributed by atoms with Crippen molar-refractivity contribution in [3.63, 3.8) is 0 Å². The van der Waals surface area contributed by atoms with E-state index < -0.39 is 0 Å². The van der Waals surface area contributed by atoms with E-state index in [1.54, 1.807) is 11.3 Å². The van der Waals surface area contributed by atoms with Crippen LogP contribution in [0.3, 0.4) is 0 Å². The molecule has 0 radical (unpaired) electrons. The predicted molar refractivity (Wildman–Crippen MR) is 89.7 cm³/mol. The molecule has 0 saturated heterocycles. The van der Waals surface area contributed by atoms with Crippen LogP contribution in [0.5, 0.6) is 0 Å². The quantitative estimate of drug-likeness (QED) is 0.748. The molecule has 0 aliphatic carbocycles. The molecular weight excluding hydrogens is 278 g/mol. The van der Waals surface area contributed by atoms with Gasteiger partial charge in [-0.05, 0) is 30.0 Å². The van der Waals surface area contributed by atoms with Crippen molar-refractivity contribution < 1.29 is 0 Å². The molecule has 0 spiro atoms. The number of nitrogens with one attached hydrogen (secondary N) is 1. The Kier molecular flexibility index (Phi) is 4.36. The van der Waals surface area contributed by atoms with Crippen LogP contribution in [-0.4, -0.2) is 16.1 Å². The maximum Gasteiger partial charge on any atom is 0.112 e. The Morgan fingerprint density at radius 2 is 2.14 bits per heavy atom. The number of fused-ring (bicyclic) bond motifs is 1. The minimum Gasteiger partial charge on any atom is -0.336 e. The van der Waals surface area contributed by atoms with Crippen LogP contribution >= 0.6 is 11.3 Å². The molecule has 3 nitrogen and oxygen atoms in total. The maximum atomic E-state index is 4.42. The van der Waals surface area contributed by atoms with E-state index in [2.05, 4.69) is 59.0 Å². The van der Waals surface area contributed by atoms with Crippen molar-refractivity contribution in [2.75, 3.05) is 6.54 Å². The molecule has 0 fully saturated rings. The lowest BCUT2D eigenvalue weighted by Gasteiger charge is -2.11. The smallest absolute Gasteiger partial charge is 0.112 e. The Morgan fingerprint density at radius 1 is 1.29 bits per heavy atom. The van der Waals surface area contributed by atoms with E-state index in [4.69, 9.17) is 0 Å². The summed E-state index contributed by atoms with van der Waals surface area (Å²) in [5.74, 6) is 0.668. The van der Waals surface area contributed by atoms with Crippen molar-refractivity contribution in [2.24, 2.45) is 5.92 Å². The number of para-hydroxylation sites is 1. The molecule has 0 atom stereocenters. The average molecular weight is 299 g/mol. The Bertz CT molecular complexity index is 698. The van der Waals surface area contributed by atoms with E-state index in [9.17, 15) is 0 Å². The summed E-state index contributed by atoms with van der Waals surface area (Å²) in [7, 11) is 0. The van der Waals surface area contributed by atoms with E-state index in [1.807, 2.05) is 11.6 Å². The highest BCUT2D eigenvalue weighted by molar-refractivity contribution is 7.09. The van der Waals surface area contributed by atoms with Gasteiger partial charge in [-0.3, -0.25) is 0 Å². The van der Waals surface area contributed by atoms with Gasteiger partial charge in [0.15, 0.2) is 0 Å². The summed E-state index contributed by atoms with van der Waals surface area (Å²) < 4.78 is 2.38. The van der Waals surface area contributed by atoms with Crippen molar-refractivity contribution in [3.05, 3.63) is 52.6 Å². The van der Waals surface area contributed by atoms with E-state index in [-0.39, 0.29) is 0 Å². The maximum absolute atomic E-state index is 4.42. The fraction of sp³-hybridized carbons (Fsp3) is 0.353. The number of thiazole rings is 1. The molecule has 21 heavy (non-hydrogen) atoms. The highest BCUT2D eigenvalue weighted by Gasteiger charge is 2.10. The minimum atomic E-state index is 0.668. The van der Waals surface area contributed by atoms with Crippen LogP contribution in [0.1, 0.15) is 24.5 Å². The lowest BCUT2D eigenvalue weighted by atomic mass is 10.2. The van der Waals surface area contributed by atoms with Gasteiger partial charge in [0.1, 0.15) is 5.01 Å². The molecule has 0 aliphatic heterocycles. The molecule has 4 heteroatoms. The summed E-state index contributed by atoms with van der Waals surface area (Å²) >= 11 is 1.71. The zero-order chi connectivity index (χ0) is 14.7. The molecular formula is C17H21N3S. The van der Waals surface area contributed by atoms with Gasteiger partial charge in [0.2, 0.25) is 0 Å². The fourth-order valence-corrected chi connectivity index (χ4v) is 3.16. The molecule has 0 saturated carbocycles. The summed E-state index contributed by atoms with van der Waals surface area (Å²) in [5, 5.41) is 8.04. The van der Waals surface area contributed by atoms with Crippen LogP contribution in [0.15, 0.2) is 41.9 Å². The Morgan fingerprint density at radius 3 is 2.90 bits per heavy atom. The first-order chi connectivity index (χ1) is 10.2. The van der Waals surface area contributed by atoms with E-state index in [0.717, 1.165) is 24.6 Å². The molecule has 1 aromatic carbocycles. The minimum absolute atomic E-state index is 0.668. The topological polar surface area (TPSA) is 29.9 Å². The van der Waals surface area contributed by atoms with Gasteiger partial charge in [0, 0.05) is 29.3 Å². The second-order valence-electron chi connectivity index (χ2n) is 5.73. The van der Waals surface area contributed by atoms with Crippen LogP contribution in [0.25, 0.3) is 10.9 Å². The number of hydrogen-bond donors (Lipinski definition) is 1. The first-order valence-electron chi connectivity index (χ1n) is 7.40. The highest BCUT2D eigenvalue weighted by atomic mass is 32.1. The Balaban J connectivity index is 1.90. The molecule has 3 rings (SSSR count). The van der Waals surface area contributed by atoms with Gasteiger partial charge in [-0.2, -0.15) is 0 Å². The third kappa shape index (κ3) is 3.34. The summed E-state index contributed by atoms with van der Waals surface area (Å²) in [6, 6.07) is 10.9. The van der Waals surface area contributed by atoms with Gasteiger partial charge in [-0.1, -0.05) is 32.0 Å². The van der Waals surface area contributed by atoms with Gasteiger partial charge >= 0.3 is 0 Å². The van der Waals surface area contributed by atoms with E-state index in [1.165, 1.54) is 16.6 Å². The predicted octanol–water partition coefficient (Wildman–Crippen LogP) is 3.89. The first kappa shape index (κ1) is 14.3. The Hall–Kier alpha value is -1.65. The van der Waals surface area contributed by atoms with Crippen LogP contribution in [0, 0.1) is 5.92 Å². The second kappa shape index (κ2) is 6.41. The summed E-state index contributed by atoms with van der Waals surface area (Å²) in [6.07, 6.45) is 1.88. The third-order valence-corrected chi connectivity index (χ3v) is 4.30. The summed E-state index contributed by atoms with van der Waals surface area (Å²) in [5.41, 5.74) is 2.61. The molecule has 0 bridgehead atoms. The molecule has 2 heterocycles. The molecule has 0 aliphatic rings. The standard InChI is InChI=1S/C17H21N3S/c1-13(2)10-18-11-15-9-14-5-3-4-6-16(14)20(15)12-17-19-7-8-21-17/h3-9,13,18H,10-12H2,1-2H3. The molecule has 1 N–H and O–H groups in total. The fourth-order valence-electron chi connectivity index (χ4n) is 2.56. The number of nitrogens with zero attached hydrogens (tertiary/aromatic N) is 2. The van der Waals surface area contributed by atoms with Crippen molar-refractivity contribution in [3.8, 4) is 0 Å². The number of hydrogen-bond acceptors (Lipinski definition) is 3. The normalized spacial score (nSPS) is 11.6. The molecule has 3 aromatic rings. The zero-order valence-electron chi connectivity index (χ0n) is 12.5. The first-order valence-corrected chi connectivity index (χ1v) is 8.28. The lowest BCUT2D eigenvalue weighted by Crippen LogP contribution is -2.21. The largest absolute Gasteiger partial charge is 0.336 e. The van der Waals surface area contributed by atoms with Gasteiger partial charge < -0.3 is 9.88 Å².